The molecule has 1 aromatic rings. The van der Waals surface area contributed by atoms with Crippen LogP contribution < -0.4 is 9.47 Å². The first-order valence-electron chi connectivity index (χ1n) is 8.13. The minimum absolute atomic E-state index is 0.308. The lowest BCUT2D eigenvalue weighted by Gasteiger charge is -2.36. The Labute approximate surface area is 141 Å². The first-order valence-corrected chi connectivity index (χ1v) is 8.92. The quantitative estimate of drug-likeness (QED) is 0.724. The van der Waals surface area contributed by atoms with Crippen LogP contribution in [-0.2, 0) is 11.3 Å². The van der Waals surface area contributed by atoms with E-state index in [9.17, 15) is 0 Å². The fourth-order valence-corrected chi connectivity index (χ4v) is 3.81. The Balaban J connectivity index is 1.54. The van der Waals surface area contributed by atoms with Gasteiger partial charge in [0, 0.05) is 4.47 Å². The standard InChI is InChI=1S/C18H25BrO3/c1-18(2,3)13-4-6-14(7-5-13)20-10-12-8-16-17(9-15(12)19)22-11-21-16/h8-9,13-14H,4-7,10-11H2,1-3H3. The van der Waals surface area contributed by atoms with Crippen LogP contribution in [0.4, 0.5) is 0 Å². The highest BCUT2D eigenvalue weighted by Gasteiger charge is 2.30. The lowest BCUT2D eigenvalue weighted by Crippen LogP contribution is -2.29. The summed E-state index contributed by atoms with van der Waals surface area (Å²) in [7, 11) is 0. The maximum Gasteiger partial charge on any atom is 0.231 e. The average molecular weight is 369 g/mol. The van der Waals surface area contributed by atoms with Crippen LogP contribution in [0.15, 0.2) is 16.6 Å². The number of halogens is 1. The molecule has 3 nitrogen and oxygen atoms in total. The van der Waals surface area contributed by atoms with Gasteiger partial charge in [0.25, 0.3) is 0 Å². The number of hydrogen-bond donors (Lipinski definition) is 0. The van der Waals surface area contributed by atoms with Gasteiger partial charge in [0.2, 0.25) is 6.79 Å². The van der Waals surface area contributed by atoms with Crippen molar-refractivity contribution in [2.45, 2.75) is 59.2 Å². The molecule has 1 aliphatic heterocycles. The number of fused-ring (bicyclic) bond motifs is 1. The molecule has 1 fully saturated rings. The molecule has 1 heterocycles. The van der Waals surface area contributed by atoms with Gasteiger partial charge >= 0.3 is 0 Å². The van der Waals surface area contributed by atoms with Crippen LogP contribution >= 0.6 is 15.9 Å². The molecule has 0 saturated heterocycles. The molecule has 2 aliphatic rings. The number of hydrogen-bond acceptors (Lipinski definition) is 3. The van der Waals surface area contributed by atoms with Crippen LogP contribution in [0.3, 0.4) is 0 Å². The molecule has 4 heteroatoms. The zero-order chi connectivity index (χ0) is 15.7. The van der Waals surface area contributed by atoms with Gasteiger partial charge in [-0.05, 0) is 54.7 Å². The van der Waals surface area contributed by atoms with Gasteiger partial charge in [-0.3, -0.25) is 0 Å². The molecule has 0 amide bonds. The highest BCUT2D eigenvalue weighted by Crippen LogP contribution is 2.40. The molecule has 22 heavy (non-hydrogen) atoms. The predicted molar refractivity (Wildman–Crippen MR) is 90.3 cm³/mol. The van der Waals surface area contributed by atoms with Crippen molar-refractivity contribution in [3.63, 3.8) is 0 Å². The smallest absolute Gasteiger partial charge is 0.231 e. The van der Waals surface area contributed by atoms with E-state index in [1.165, 1.54) is 25.7 Å². The molecule has 0 bridgehead atoms. The molecule has 0 N–H and O–H groups in total. The van der Waals surface area contributed by atoms with Crippen molar-refractivity contribution in [2.24, 2.45) is 11.3 Å². The van der Waals surface area contributed by atoms with Gasteiger partial charge in [0.1, 0.15) is 0 Å². The number of ether oxygens (including phenoxy) is 3. The maximum atomic E-state index is 6.14. The van der Waals surface area contributed by atoms with E-state index in [1.54, 1.807) is 0 Å². The van der Waals surface area contributed by atoms with Crippen LogP contribution in [0.2, 0.25) is 0 Å². The van der Waals surface area contributed by atoms with Crippen LogP contribution in [-0.4, -0.2) is 12.9 Å². The van der Waals surface area contributed by atoms with Gasteiger partial charge in [-0.15, -0.1) is 0 Å². The summed E-state index contributed by atoms with van der Waals surface area (Å²) < 4.78 is 18.0. The zero-order valence-electron chi connectivity index (χ0n) is 13.7. The Morgan fingerprint density at radius 1 is 1.09 bits per heavy atom. The highest BCUT2D eigenvalue weighted by molar-refractivity contribution is 9.10. The van der Waals surface area contributed by atoms with Crippen molar-refractivity contribution in [1.82, 2.24) is 0 Å². The van der Waals surface area contributed by atoms with Crippen molar-refractivity contribution in [2.75, 3.05) is 6.79 Å². The Hall–Kier alpha value is -0.740. The van der Waals surface area contributed by atoms with Crippen LogP contribution in [0.25, 0.3) is 0 Å². The normalized spacial score (nSPS) is 24.5. The fourth-order valence-electron chi connectivity index (χ4n) is 3.37. The Kier molecular flexibility index (Phi) is 4.69. The highest BCUT2D eigenvalue weighted by atomic mass is 79.9. The summed E-state index contributed by atoms with van der Waals surface area (Å²) in [6, 6.07) is 3.99. The molecular formula is C18H25BrO3. The Morgan fingerprint density at radius 2 is 1.73 bits per heavy atom. The van der Waals surface area contributed by atoms with Gasteiger partial charge in [0.05, 0.1) is 12.7 Å². The molecule has 0 spiro atoms. The number of benzene rings is 1. The molecule has 3 rings (SSSR count). The topological polar surface area (TPSA) is 27.7 Å². The third-order valence-corrected chi connectivity index (χ3v) is 5.65. The SMILES string of the molecule is CC(C)(C)C1CCC(OCc2cc3c(cc2Br)OCO3)CC1. The van der Waals surface area contributed by atoms with Crippen LogP contribution in [0.1, 0.15) is 52.0 Å². The molecular weight excluding hydrogens is 344 g/mol. The average Bonchev–Trinajstić information content (AvgIpc) is 2.91. The zero-order valence-corrected chi connectivity index (χ0v) is 15.2. The van der Waals surface area contributed by atoms with E-state index in [1.807, 2.05) is 12.1 Å². The van der Waals surface area contributed by atoms with Gasteiger partial charge in [0.15, 0.2) is 11.5 Å². The second-order valence-corrected chi connectivity index (χ2v) is 8.30. The van der Waals surface area contributed by atoms with Crippen LogP contribution in [0, 0.1) is 11.3 Å². The summed E-state index contributed by atoms with van der Waals surface area (Å²) >= 11 is 3.59. The monoisotopic (exact) mass is 368 g/mol. The van der Waals surface area contributed by atoms with Crippen molar-refractivity contribution >= 4 is 15.9 Å². The van der Waals surface area contributed by atoms with Crippen molar-refractivity contribution < 1.29 is 14.2 Å². The first-order chi connectivity index (χ1) is 10.4. The van der Waals surface area contributed by atoms with Gasteiger partial charge in [-0.25, -0.2) is 0 Å². The van der Waals surface area contributed by atoms with E-state index in [2.05, 4.69) is 36.7 Å². The van der Waals surface area contributed by atoms with E-state index < -0.39 is 0 Å². The van der Waals surface area contributed by atoms with Gasteiger partial charge in [-0.2, -0.15) is 0 Å². The van der Waals surface area contributed by atoms with Gasteiger partial charge in [-0.1, -0.05) is 36.7 Å². The van der Waals surface area contributed by atoms with E-state index in [4.69, 9.17) is 14.2 Å². The second kappa shape index (κ2) is 6.40. The minimum atomic E-state index is 0.308. The summed E-state index contributed by atoms with van der Waals surface area (Å²) in [6.07, 6.45) is 5.28. The van der Waals surface area contributed by atoms with Crippen LogP contribution in [0.5, 0.6) is 11.5 Å². The fraction of sp³-hybridized carbons (Fsp3) is 0.667. The van der Waals surface area contributed by atoms with E-state index in [-0.39, 0.29) is 0 Å². The molecule has 1 aromatic carbocycles. The summed E-state index contributed by atoms with van der Waals surface area (Å²) in [5.41, 5.74) is 1.55. The molecule has 0 atom stereocenters. The third kappa shape index (κ3) is 3.60. The summed E-state index contributed by atoms with van der Waals surface area (Å²) in [5.74, 6) is 2.45. The Morgan fingerprint density at radius 3 is 2.36 bits per heavy atom. The lowest BCUT2D eigenvalue weighted by atomic mass is 9.72. The first kappa shape index (κ1) is 16.1. The molecule has 0 aromatic heterocycles. The molecule has 122 valence electrons. The predicted octanol–water partition coefficient (Wildman–Crippen LogP) is 5.30. The second-order valence-electron chi connectivity index (χ2n) is 7.45. The molecule has 1 saturated carbocycles. The van der Waals surface area contributed by atoms with Crippen molar-refractivity contribution in [3.05, 3.63) is 22.2 Å². The molecule has 0 unspecified atom stereocenters. The largest absolute Gasteiger partial charge is 0.454 e. The minimum Gasteiger partial charge on any atom is -0.454 e. The summed E-state index contributed by atoms with van der Waals surface area (Å²) in [4.78, 5) is 0. The molecule has 0 radical (unpaired) electrons. The van der Waals surface area contributed by atoms with Crippen molar-refractivity contribution in [3.8, 4) is 11.5 Å². The Bertz CT molecular complexity index is 528. The van der Waals surface area contributed by atoms with E-state index in [0.717, 1.165) is 27.5 Å². The third-order valence-electron chi connectivity index (χ3n) is 4.92. The molecule has 1 aliphatic carbocycles. The van der Waals surface area contributed by atoms with Gasteiger partial charge < -0.3 is 14.2 Å². The maximum absolute atomic E-state index is 6.14. The van der Waals surface area contributed by atoms with E-state index >= 15 is 0 Å². The number of rotatable bonds is 3. The lowest BCUT2D eigenvalue weighted by molar-refractivity contribution is -0.00605. The summed E-state index contributed by atoms with van der Waals surface area (Å²) in [5, 5.41) is 0. The van der Waals surface area contributed by atoms with Crippen molar-refractivity contribution in [1.29, 1.82) is 0 Å². The van der Waals surface area contributed by atoms with E-state index in [0.29, 0.717) is 24.9 Å². The summed E-state index contributed by atoms with van der Waals surface area (Å²) in [6.45, 7) is 7.98.